The van der Waals surface area contributed by atoms with E-state index in [9.17, 15) is 22.8 Å². The van der Waals surface area contributed by atoms with Gasteiger partial charge in [0.05, 0.1) is 24.1 Å². The van der Waals surface area contributed by atoms with Crippen molar-refractivity contribution in [2.45, 2.75) is 70.8 Å². The number of allylic oxidation sites excluding steroid dienone is 1. The zero-order valence-corrected chi connectivity index (χ0v) is 20.1. The van der Waals surface area contributed by atoms with E-state index in [1.54, 1.807) is 20.8 Å². The smallest absolute Gasteiger partial charge is 0.408 e. The summed E-state index contributed by atoms with van der Waals surface area (Å²) >= 11 is 0. The highest BCUT2D eigenvalue weighted by Crippen LogP contribution is 2.50. The predicted molar refractivity (Wildman–Crippen MR) is 122 cm³/mol. The maximum atomic E-state index is 13.3. The summed E-state index contributed by atoms with van der Waals surface area (Å²) in [5, 5.41) is 10.1. The number of aromatic nitrogens is 2. The second-order valence-corrected chi connectivity index (χ2v) is 10.2. The minimum absolute atomic E-state index is 0.00435. The first-order chi connectivity index (χ1) is 16.3. The number of alkyl carbamates (subject to hydrolysis) is 1. The van der Waals surface area contributed by atoms with Gasteiger partial charge in [0.1, 0.15) is 18.2 Å². The van der Waals surface area contributed by atoms with Crippen LogP contribution in [0.15, 0.2) is 24.3 Å². The second-order valence-electron chi connectivity index (χ2n) is 10.2. The number of nitrogens with one attached hydrogen (secondary N) is 2. The molecule has 0 aliphatic heterocycles. The summed E-state index contributed by atoms with van der Waals surface area (Å²) in [6, 6.07) is -0.779. The van der Waals surface area contributed by atoms with Gasteiger partial charge in [0.15, 0.2) is 0 Å². The molecule has 35 heavy (non-hydrogen) atoms. The van der Waals surface area contributed by atoms with E-state index in [0.717, 1.165) is 31.9 Å². The summed E-state index contributed by atoms with van der Waals surface area (Å²) in [7, 11) is 0. The first kappa shape index (κ1) is 26.6. The molecule has 196 valence electrons. The summed E-state index contributed by atoms with van der Waals surface area (Å²) in [5.74, 6) is 5.84. The summed E-state index contributed by atoms with van der Waals surface area (Å²) in [4.78, 5) is 25.8. The van der Waals surface area contributed by atoms with Gasteiger partial charge in [-0.15, -0.1) is 0 Å². The van der Waals surface area contributed by atoms with Crippen LogP contribution in [-0.4, -0.2) is 51.2 Å². The molecule has 1 heterocycles. The molecule has 0 aromatic carbocycles. The Morgan fingerprint density at radius 2 is 1.86 bits per heavy atom. The second kappa shape index (κ2) is 10.3. The Morgan fingerprint density at radius 1 is 1.26 bits per heavy atom. The topological polar surface area (TPSA) is 141 Å². The molecule has 0 radical (unpaired) electrons. The summed E-state index contributed by atoms with van der Waals surface area (Å²) in [6.07, 6.45) is 2.69. The molecule has 0 bridgehead atoms. The van der Waals surface area contributed by atoms with Gasteiger partial charge in [-0.25, -0.2) is 10.6 Å². The van der Waals surface area contributed by atoms with Crippen LogP contribution in [0.1, 0.15) is 46.5 Å². The highest BCUT2D eigenvalue weighted by molar-refractivity contribution is 5.96. The third kappa shape index (κ3) is 8.34. The van der Waals surface area contributed by atoms with Crippen molar-refractivity contribution in [2.24, 2.45) is 29.3 Å². The van der Waals surface area contributed by atoms with E-state index >= 15 is 0 Å². The number of ether oxygens (including phenoxy) is 1. The predicted octanol–water partition coefficient (Wildman–Crippen LogP) is 2.69. The van der Waals surface area contributed by atoms with Crippen LogP contribution in [0.2, 0.25) is 0 Å². The van der Waals surface area contributed by atoms with Gasteiger partial charge < -0.3 is 26.1 Å². The molecule has 0 spiro atoms. The van der Waals surface area contributed by atoms with E-state index < -0.39 is 36.4 Å². The lowest BCUT2D eigenvalue weighted by Crippen LogP contribution is -2.51. The van der Waals surface area contributed by atoms with Gasteiger partial charge >= 0.3 is 12.3 Å². The lowest BCUT2D eigenvalue weighted by molar-refractivity contribution is -0.142. The Kier molecular flexibility index (Phi) is 7.87. The molecule has 2 aliphatic carbocycles. The van der Waals surface area contributed by atoms with Gasteiger partial charge in [-0.05, 0) is 64.2 Å². The van der Waals surface area contributed by atoms with Crippen molar-refractivity contribution in [1.29, 1.82) is 0 Å². The molecule has 1 aromatic heterocycles. The van der Waals surface area contributed by atoms with Crippen molar-refractivity contribution in [3.8, 4) is 0 Å². The monoisotopic (exact) mass is 501 g/mol. The van der Waals surface area contributed by atoms with Gasteiger partial charge in [-0.3, -0.25) is 9.48 Å². The number of halogens is 3. The number of hydrazine groups is 1. The minimum Gasteiger partial charge on any atom is -0.444 e. The number of hydrogen-bond acceptors (Lipinski definition) is 7. The highest BCUT2D eigenvalue weighted by atomic mass is 19.4. The van der Waals surface area contributed by atoms with Crippen LogP contribution in [0.5, 0.6) is 0 Å². The third-order valence-corrected chi connectivity index (χ3v) is 5.81. The number of nitrogens with two attached hydrogens (primary N) is 2. The average molecular weight is 502 g/mol. The standard InChI is InChI=1S/C22H34F3N7O3/c1-21(2,3)35-20(34)30-18(17(13-4-5-13)14-6-7-14)19(33)29-15-9-28-31(10-15)11-16(8-26)32(27)12-22(23,24)25/h8-10,13-14,17-18H,4-7,11-12,26-27H2,1-3H3,(H,29,33)(H,30,34)/b16-8-/t18-/m0/s1. The van der Waals surface area contributed by atoms with E-state index in [1.807, 2.05) is 0 Å². The van der Waals surface area contributed by atoms with Crippen molar-refractivity contribution < 1.29 is 27.5 Å². The molecule has 0 saturated heterocycles. The summed E-state index contributed by atoms with van der Waals surface area (Å²) < 4.78 is 44.6. The van der Waals surface area contributed by atoms with Crippen molar-refractivity contribution in [1.82, 2.24) is 20.1 Å². The Balaban J connectivity index is 1.68. The molecule has 2 aliphatic rings. The fraction of sp³-hybridized carbons (Fsp3) is 0.682. The number of amides is 2. The summed E-state index contributed by atoms with van der Waals surface area (Å²) in [6.45, 7) is 3.73. The molecule has 2 amide bonds. The van der Waals surface area contributed by atoms with Gasteiger partial charge in [-0.1, -0.05) is 0 Å². The van der Waals surface area contributed by atoms with E-state index in [2.05, 4.69) is 15.7 Å². The van der Waals surface area contributed by atoms with Crippen LogP contribution in [0.3, 0.4) is 0 Å². The molecule has 3 rings (SSSR count). The maximum absolute atomic E-state index is 13.3. The minimum atomic E-state index is -4.50. The molecule has 13 heteroatoms. The van der Waals surface area contributed by atoms with Crippen LogP contribution in [-0.2, 0) is 16.1 Å². The molecule has 10 nitrogen and oxygen atoms in total. The first-order valence-corrected chi connectivity index (χ1v) is 11.6. The number of carbonyl (C=O) groups is 2. The Morgan fingerprint density at radius 3 is 2.34 bits per heavy atom. The van der Waals surface area contributed by atoms with Gasteiger partial charge in [0, 0.05) is 12.4 Å². The van der Waals surface area contributed by atoms with Crippen LogP contribution in [0.25, 0.3) is 0 Å². The van der Waals surface area contributed by atoms with Gasteiger partial charge in [0.25, 0.3) is 0 Å². The number of rotatable bonds is 10. The summed E-state index contributed by atoms with van der Waals surface area (Å²) in [5.41, 5.74) is 5.06. The van der Waals surface area contributed by atoms with Crippen molar-refractivity contribution in [2.75, 3.05) is 11.9 Å². The van der Waals surface area contributed by atoms with Gasteiger partial charge in [-0.2, -0.15) is 18.3 Å². The van der Waals surface area contributed by atoms with E-state index in [0.29, 0.717) is 22.5 Å². The quantitative estimate of drug-likeness (QED) is 0.285. The largest absolute Gasteiger partial charge is 0.444 e. The normalized spacial score (nSPS) is 17.8. The molecule has 2 saturated carbocycles. The molecular formula is C22H34F3N7O3. The SMILES string of the molecule is CC(C)(C)OC(=O)N[C@H](C(=O)Nc1cnn(C/C(=C/N)N(N)CC(F)(F)F)c1)C(C1CC1)C1CC1. The molecule has 1 atom stereocenters. The van der Waals surface area contributed by atoms with Crippen LogP contribution in [0.4, 0.5) is 23.7 Å². The number of anilines is 1. The fourth-order valence-corrected chi connectivity index (χ4v) is 4.10. The Bertz CT molecular complexity index is 921. The molecule has 0 unspecified atom stereocenters. The number of nitrogens with zero attached hydrogens (tertiary/aromatic N) is 3. The fourth-order valence-electron chi connectivity index (χ4n) is 4.10. The van der Waals surface area contributed by atoms with Crippen molar-refractivity contribution >= 4 is 17.7 Å². The Labute approximate surface area is 202 Å². The maximum Gasteiger partial charge on any atom is 0.408 e. The van der Waals surface area contributed by atoms with E-state index in [4.69, 9.17) is 16.3 Å². The first-order valence-electron chi connectivity index (χ1n) is 11.6. The zero-order chi connectivity index (χ0) is 26.0. The molecule has 6 N–H and O–H groups in total. The van der Waals surface area contributed by atoms with Gasteiger partial charge in [0.2, 0.25) is 5.91 Å². The van der Waals surface area contributed by atoms with Crippen LogP contribution in [0, 0.1) is 17.8 Å². The van der Waals surface area contributed by atoms with Crippen molar-refractivity contribution in [3.63, 3.8) is 0 Å². The lowest BCUT2D eigenvalue weighted by atomic mass is 9.89. The molecule has 1 aromatic rings. The number of alkyl halides is 3. The number of hydrogen-bond donors (Lipinski definition) is 4. The van der Waals surface area contributed by atoms with E-state index in [1.165, 1.54) is 17.1 Å². The molecule has 2 fully saturated rings. The zero-order valence-electron chi connectivity index (χ0n) is 20.1. The third-order valence-electron chi connectivity index (χ3n) is 5.81. The Hall–Kier alpha value is -2.96. The average Bonchev–Trinajstić information content (AvgIpc) is 3.63. The van der Waals surface area contributed by atoms with E-state index in [-0.39, 0.29) is 18.2 Å². The lowest BCUT2D eigenvalue weighted by Gasteiger charge is -2.28. The van der Waals surface area contributed by atoms with Crippen LogP contribution >= 0.6 is 0 Å². The molecular weight excluding hydrogens is 467 g/mol. The highest BCUT2D eigenvalue weighted by Gasteiger charge is 2.48. The van der Waals surface area contributed by atoms with Crippen molar-refractivity contribution in [3.05, 3.63) is 24.3 Å². The number of carbonyl (C=O) groups excluding carboxylic acids is 2. The van der Waals surface area contributed by atoms with Crippen LogP contribution < -0.4 is 22.2 Å².